The van der Waals surface area contributed by atoms with Crippen LogP contribution in [0.5, 0.6) is 0 Å². The normalized spacial score (nSPS) is 18.3. The topological polar surface area (TPSA) is 61.9 Å². The van der Waals surface area contributed by atoms with E-state index in [1.165, 1.54) is 24.0 Å². The van der Waals surface area contributed by atoms with Crippen LogP contribution in [0.4, 0.5) is 0 Å². The Kier molecular flexibility index (Phi) is 6.55. The molecule has 1 saturated heterocycles. The third kappa shape index (κ3) is 4.99. The van der Waals surface area contributed by atoms with Crippen LogP contribution in [-0.2, 0) is 21.4 Å². The second-order valence-corrected chi connectivity index (χ2v) is 7.86. The van der Waals surface area contributed by atoms with Crippen LogP contribution in [0, 0.1) is 0 Å². The van der Waals surface area contributed by atoms with Gasteiger partial charge in [0.15, 0.2) is 0 Å². The van der Waals surface area contributed by atoms with Crippen molar-refractivity contribution in [2.75, 3.05) is 46.9 Å². The lowest BCUT2D eigenvalue weighted by molar-refractivity contribution is 0.0171. The number of nitrogens with one attached hydrogen (secondary N) is 1. The van der Waals surface area contributed by atoms with Gasteiger partial charge in [0.1, 0.15) is 0 Å². The highest BCUT2D eigenvalue weighted by atomic mass is 32.2. The first-order chi connectivity index (χ1) is 10.9. The molecule has 1 N–H and O–H groups in total. The monoisotopic (exact) mass is 341 g/mol. The molecule has 1 aromatic rings. The third-order valence-corrected chi connectivity index (χ3v) is 5.69. The lowest BCUT2D eigenvalue weighted by Gasteiger charge is -2.35. The molecule has 1 aromatic carbocycles. The minimum atomic E-state index is -3.43. The molecule has 130 valence electrons. The van der Waals surface area contributed by atoms with Crippen LogP contribution in [0.2, 0.25) is 0 Å². The summed E-state index contributed by atoms with van der Waals surface area (Å²) in [6, 6.07) is 8.44. The molecule has 1 aliphatic rings. The van der Waals surface area contributed by atoms with E-state index in [9.17, 15) is 8.42 Å². The van der Waals surface area contributed by atoms with E-state index < -0.39 is 10.2 Å². The molecule has 2 rings (SSSR count). The van der Waals surface area contributed by atoms with Crippen molar-refractivity contribution in [3.05, 3.63) is 35.4 Å². The average molecular weight is 341 g/mol. The van der Waals surface area contributed by atoms with Gasteiger partial charge in [-0.1, -0.05) is 31.2 Å². The maximum absolute atomic E-state index is 12.0. The number of hydrogen-bond acceptors (Lipinski definition) is 4. The van der Waals surface area contributed by atoms with E-state index in [2.05, 4.69) is 40.8 Å². The second kappa shape index (κ2) is 8.21. The summed E-state index contributed by atoms with van der Waals surface area (Å²) in [6.45, 7) is 5.47. The molecule has 0 aliphatic carbocycles. The summed E-state index contributed by atoms with van der Waals surface area (Å²) in [5.74, 6) is 0. The molecule has 7 heteroatoms. The summed E-state index contributed by atoms with van der Waals surface area (Å²) in [5, 5.41) is 0. The van der Waals surface area contributed by atoms with Crippen molar-refractivity contribution < 1.29 is 13.2 Å². The zero-order valence-corrected chi connectivity index (χ0v) is 15.0. The summed E-state index contributed by atoms with van der Waals surface area (Å²) < 4.78 is 33.4. The maximum Gasteiger partial charge on any atom is 0.278 e. The molecule has 23 heavy (non-hydrogen) atoms. The van der Waals surface area contributed by atoms with E-state index in [1.807, 2.05) is 0 Å². The van der Waals surface area contributed by atoms with Gasteiger partial charge in [0, 0.05) is 39.8 Å². The minimum Gasteiger partial charge on any atom is -0.379 e. The Morgan fingerprint density at radius 2 is 1.83 bits per heavy atom. The van der Waals surface area contributed by atoms with E-state index in [0.717, 1.165) is 25.1 Å². The van der Waals surface area contributed by atoms with Gasteiger partial charge in [-0.25, -0.2) is 4.72 Å². The van der Waals surface area contributed by atoms with Crippen molar-refractivity contribution in [2.24, 2.45) is 0 Å². The first-order valence-corrected chi connectivity index (χ1v) is 9.46. The Bertz CT molecular complexity index is 581. The highest BCUT2D eigenvalue weighted by Crippen LogP contribution is 2.22. The molecular weight excluding hydrogens is 314 g/mol. The van der Waals surface area contributed by atoms with Crippen LogP contribution in [0.1, 0.15) is 24.1 Å². The summed E-state index contributed by atoms with van der Waals surface area (Å²) >= 11 is 0. The molecule has 0 bridgehead atoms. The van der Waals surface area contributed by atoms with E-state index in [4.69, 9.17) is 4.74 Å². The first-order valence-electron chi connectivity index (χ1n) is 8.01. The fraction of sp³-hybridized carbons (Fsp3) is 0.625. The third-order valence-electron chi connectivity index (χ3n) is 4.20. The molecule has 1 fully saturated rings. The summed E-state index contributed by atoms with van der Waals surface area (Å²) in [4.78, 5) is 2.28. The van der Waals surface area contributed by atoms with Gasteiger partial charge in [-0.05, 0) is 17.5 Å². The van der Waals surface area contributed by atoms with Crippen LogP contribution in [-0.4, -0.2) is 64.6 Å². The van der Waals surface area contributed by atoms with Gasteiger partial charge in [0.25, 0.3) is 10.2 Å². The van der Waals surface area contributed by atoms with Crippen LogP contribution in [0.25, 0.3) is 0 Å². The maximum atomic E-state index is 12.0. The predicted octanol–water partition coefficient (Wildman–Crippen LogP) is 1.02. The van der Waals surface area contributed by atoms with Crippen molar-refractivity contribution >= 4 is 10.2 Å². The molecule has 1 aliphatic heterocycles. The summed E-state index contributed by atoms with van der Waals surface area (Å²) in [7, 11) is -0.368. The molecular formula is C16H27N3O3S. The van der Waals surface area contributed by atoms with Gasteiger partial charge in [-0.2, -0.15) is 12.7 Å². The van der Waals surface area contributed by atoms with Gasteiger partial charge in [0.05, 0.1) is 13.2 Å². The van der Waals surface area contributed by atoms with Crippen LogP contribution >= 0.6 is 0 Å². The summed E-state index contributed by atoms with van der Waals surface area (Å²) in [6.07, 6.45) is 0.996. The largest absolute Gasteiger partial charge is 0.379 e. The standard InChI is InChI=1S/C16H27N3O3S/c1-4-14-5-7-15(8-6-14)16(19-9-11-22-12-10-19)13-17-23(20,21)18(2)3/h5-8,16-17H,4,9-13H2,1-3H3. The van der Waals surface area contributed by atoms with Crippen LogP contribution in [0.15, 0.2) is 24.3 Å². The van der Waals surface area contributed by atoms with Gasteiger partial charge in [0.2, 0.25) is 0 Å². The van der Waals surface area contributed by atoms with Crippen molar-refractivity contribution in [1.82, 2.24) is 13.9 Å². The van der Waals surface area contributed by atoms with Crippen molar-refractivity contribution in [3.63, 3.8) is 0 Å². The Morgan fingerprint density at radius 1 is 1.22 bits per heavy atom. The molecule has 0 radical (unpaired) electrons. The predicted molar refractivity (Wildman–Crippen MR) is 91.6 cm³/mol. The molecule has 6 nitrogen and oxygen atoms in total. The van der Waals surface area contributed by atoms with Gasteiger partial charge < -0.3 is 4.74 Å². The van der Waals surface area contributed by atoms with Gasteiger partial charge in [-0.3, -0.25) is 4.90 Å². The highest BCUT2D eigenvalue weighted by molar-refractivity contribution is 7.87. The first kappa shape index (κ1) is 18.4. The second-order valence-electron chi connectivity index (χ2n) is 5.90. The molecule has 0 aromatic heterocycles. The lowest BCUT2D eigenvalue weighted by Crippen LogP contribution is -2.45. The molecule has 0 amide bonds. The fourth-order valence-corrected chi connectivity index (χ4v) is 3.26. The highest BCUT2D eigenvalue weighted by Gasteiger charge is 2.25. The summed E-state index contributed by atoms with van der Waals surface area (Å²) in [5.41, 5.74) is 2.41. The zero-order chi connectivity index (χ0) is 16.9. The minimum absolute atomic E-state index is 0.0135. The SMILES string of the molecule is CCc1ccc(C(CNS(=O)(=O)N(C)C)N2CCOCC2)cc1. The Hall–Kier alpha value is -0.990. The zero-order valence-electron chi connectivity index (χ0n) is 14.2. The van der Waals surface area contributed by atoms with E-state index >= 15 is 0 Å². The van der Waals surface area contributed by atoms with Crippen LogP contribution in [0.3, 0.4) is 0 Å². The Balaban J connectivity index is 2.16. The van der Waals surface area contributed by atoms with Crippen LogP contribution < -0.4 is 4.72 Å². The molecule has 0 saturated carbocycles. The number of rotatable bonds is 7. The van der Waals surface area contributed by atoms with Crippen molar-refractivity contribution in [3.8, 4) is 0 Å². The van der Waals surface area contributed by atoms with Gasteiger partial charge >= 0.3 is 0 Å². The molecule has 1 atom stereocenters. The smallest absolute Gasteiger partial charge is 0.278 e. The number of benzene rings is 1. The van der Waals surface area contributed by atoms with E-state index in [-0.39, 0.29) is 6.04 Å². The number of hydrogen-bond donors (Lipinski definition) is 1. The van der Waals surface area contributed by atoms with Crippen molar-refractivity contribution in [1.29, 1.82) is 0 Å². The number of morpholine rings is 1. The number of nitrogens with zero attached hydrogens (tertiary/aromatic N) is 2. The molecule has 0 spiro atoms. The lowest BCUT2D eigenvalue weighted by atomic mass is 10.0. The van der Waals surface area contributed by atoms with E-state index in [0.29, 0.717) is 19.8 Å². The quantitative estimate of drug-likeness (QED) is 0.804. The Morgan fingerprint density at radius 3 is 2.35 bits per heavy atom. The van der Waals surface area contributed by atoms with E-state index in [1.54, 1.807) is 0 Å². The number of ether oxygens (including phenoxy) is 1. The molecule has 1 unspecified atom stereocenters. The van der Waals surface area contributed by atoms with Crippen molar-refractivity contribution in [2.45, 2.75) is 19.4 Å². The number of aryl methyl sites for hydroxylation is 1. The molecule has 1 heterocycles. The average Bonchev–Trinajstić information content (AvgIpc) is 2.56. The van der Waals surface area contributed by atoms with Gasteiger partial charge in [-0.15, -0.1) is 0 Å². The fourth-order valence-electron chi connectivity index (χ4n) is 2.64. The Labute approximate surface area is 139 Å².